The molecule has 1 rings (SSSR count). The number of rotatable bonds is 8. The molecule has 0 bridgehead atoms. The Hall–Kier alpha value is -1.20. The molecule has 1 aromatic rings. The number of hydrogen-bond donors (Lipinski definition) is 3. The summed E-state index contributed by atoms with van der Waals surface area (Å²) in [5.74, 6) is 1.47. The van der Waals surface area contributed by atoms with Crippen molar-refractivity contribution in [1.29, 1.82) is 0 Å². The van der Waals surface area contributed by atoms with Crippen molar-refractivity contribution >= 4 is 24.2 Å². The largest absolute Gasteiger partial charge is 0.494 e. The van der Waals surface area contributed by atoms with Crippen LogP contribution in [0.2, 0.25) is 0 Å². The highest BCUT2D eigenvalue weighted by atomic mass is 32.1. The van der Waals surface area contributed by atoms with Gasteiger partial charge in [-0.3, -0.25) is 4.79 Å². The number of nitrogens with one attached hydrogen (secondary N) is 1. The predicted molar refractivity (Wildman–Crippen MR) is 81.9 cm³/mol. The molecule has 19 heavy (non-hydrogen) atoms. The third-order valence-corrected chi connectivity index (χ3v) is 3.12. The summed E-state index contributed by atoms with van der Waals surface area (Å²) in [6, 6.07) is 7.54. The molecule has 0 aliphatic heterocycles. The van der Waals surface area contributed by atoms with Gasteiger partial charge in [0.25, 0.3) is 0 Å². The minimum Gasteiger partial charge on any atom is -0.494 e. The van der Waals surface area contributed by atoms with Gasteiger partial charge in [-0.25, -0.2) is 0 Å². The first-order valence-electron chi connectivity index (χ1n) is 6.48. The Morgan fingerprint density at radius 3 is 2.63 bits per heavy atom. The van der Waals surface area contributed by atoms with Gasteiger partial charge in [0.2, 0.25) is 5.91 Å². The van der Waals surface area contributed by atoms with Gasteiger partial charge in [-0.1, -0.05) is 0 Å². The molecule has 0 saturated heterocycles. The number of benzene rings is 1. The molecule has 0 spiro atoms. The molecule has 0 saturated carbocycles. The van der Waals surface area contributed by atoms with E-state index < -0.39 is 0 Å². The Balaban J connectivity index is 2.21. The zero-order chi connectivity index (χ0) is 14.1. The van der Waals surface area contributed by atoms with Gasteiger partial charge in [0.1, 0.15) is 5.75 Å². The maximum atomic E-state index is 10.9. The van der Waals surface area contributed by atoms with Gasteiger partial charge in [-0.05, 0) is 43.5 Å². The van der Waals surface area contributed by atoms with E-state index >= 15 is 0 Å². The molecule has 1 amide bonds. The van der Waals surface area contributed by atoms with Crippen LogP contribution in [0, 0.1) is 0 Å². The number of anilines is 1. The fourth-order valence-electron chi connectivity index (χ4n) is 1.63. The molecule has 0 radical (unpaired) electrons. The molecular weight excluding hydrogens is 260 g/mol. The van der Waals surface area contributed by atoms with Gasteiger partial charge in [0.15, 0.2) is 0 Å². The van der Waals surface area contributed by atoms with Crippen molar-refractivity contribution in [2.45, 2.75) is 32.2 Å². The van der Waals surface area contributed by atoms with Crippen molar-refractivity contribution in [1.82, 2.24) is 0 Å². The number of amides is 1. The lowest BCUT2D eigenvalue weighted by Crippen LogP contribution is -2.21. The van der Waals surface area contributed by atoms with Crippen molar-refractivity contribution in [2.24, 2.45) is 5.73 Å². The first kappa shape index (κ1) is 15.9. The van der Waals surface area contributed by atoms with E-state index in [1.54, 1.807) is 0 Å². The summed E-state index contributed by atoms with van der Waals surface area (Å²) < 4.78 is 5.61. The summed E-state index contributed by atoms with van der Waals surface area (Å²) in [5.41, 5.74) is 6.55. The lowest BCUT2D eigenvalue weighted by atomic mass is 10.1. The first-order valence-corrected chi connectivity index (χ1v) is 7.12. The molecule has 0 fully saturated rings. The molecule has 3 N–H and O–H groups in total. The second kappa shape index (κ2) is 8.82. The number of thiol groups is 1. The second-order valence-electron chi connectivity index (χ2n) is 4.49. The fraction of sp³-hybridized carbons (Fsp3) is 0.500. The normalized spacial score (nSPS) is 11.9. The van der Waals surface area contributed by atoms with Crippen molar-refractivity contribution < 1.29 is 9.53 Å². The topological polar surface area (TPSA) is 64.3 Å². The van der Waals surface area contributed by atoms with Gasteiger partial charge in [-0.15, -0.1) is 0 Å². The van der Waals surface area contributed by atoms with Gasteiger partial charge >= 0.3 is 0 Å². The van der Waals surface area contributed by atoms with Crippen LogP contribution in [0.15, 0.2) is 24.3 Å². The second-order valence-corrected chi connectivity index (χ2v) is 4.86. The van der Waals surface area contributed by atoms with E-state index in [0.29, 0.717) is 6.61 Å². The van der Waals surface area contributed by atoms with Crippen LogP contribution >= 0.6 is 12.6 Å². The van der Waals surface area contributed by atoms with Crippen LogP contribution in [0.4, 0.5) is 5.69 Å². The van der Waals surface area contributed by atoms with Crippen LogP contribution in [0.5, 0.6) is 5.75 Å². The predicted octanol–water partition coefficient (Wildman–Crippen LogP) is 2.45. The number of carbonyl (C=O) groups excluding carboxylic acids is 1. The molecule has 1 atom stereocenters. The summed E-state index contributed by atoms with van der Waals surface area (Å²) in [6.45, 7) is 2.17. The van der Waals surface area contributed by atoms with Gasteiger partial charge in [-0.2, -0.15) is 12.6 Å². The standard InChI is InChI=1S/C14H22N2O2S/c1-11(17)16-13-5-7-14(8-6-13)18-9-3-2-4-12(15)10-19/h5-8,12,19H,2-4,9-10,15H2,1H3,(H,16,17). The average Bonchev–Trinajstić information content (AvgIpc) is 2.39. The molecular formula is C14H22N2O2S. The third kappa shape index (κ3) is 7.08. The smallest absolute Gasteiger partial charge is 0.221 e. The van der Waals surface area contributed by atoms with Crippen LogP contribution in [0.1, 0.15) is 26.2 Å². The highest BCUT2D eigenvalue weighted by Crippen LogP contribution is 2.16. The van der Waals surface area contributed by atoms with Crippen molar-refractivity contribution in [3.05, 3.63) is 24.3 Å². The summed E-state index contributed by atoms with van der Waals surface area (Å²) in [7, 11) is 0. The SMILES string of the molecule is CC(=O)Nc1ccc(OCCCCC(N)CS)cc1. The van der Waals surface area contributed by atoms with E-state index in [4.69, 9.17) is 10.5 Å². The van der Waals surface area contributed by atoms with E-state index in [1.807, 2.05) is 24.3 Å². The quantitative estimate of drug-likeness (QED) is 0.507. The van der Waals surface area contributed by atoms with Crippen molar-refractivity contribution in [2.75, 3.05) is 17.7 Å². The molecule has 1 unspecified atom stereocenters. The summed E-state index contributed by atoms with van der Waals surface area (Å²) >= 11 is 4.14. The lowest BCUT2D eigenvalue weighted by Gasteiger charge is -2.09. The molecule has 106 valence electrons. The summed E-state index contributed by atoms with van der Waals surface area (Å²) in [4.78, 5) is 10.9. The minimum absolute atomic E-state index is 0.0748. The molecule has 5 heteroatoms. The molecule has 0 heterocycles. The summed E-state index contributed by atoms with van der Waals surface area (Å²) in [5, 5.41) is 2.71. The Morgan fingerprint density at radius 1 is 1.37 bits per heavy atom. The number of carbonyl (C=O) groups is 1. The molecule has 0 aliphatic carbocycles. The molecule has 0 aromatic heterocycles. The highest BCUT2D eigenvalue weighted by Gasteiger charge is 2.00. The Labute approximate surface area is 120 Å². The van der Waals surface area contributed by atoms with E-state index in [2.05, 4.69) is 17.9 Å². The van der Waals surface area contributed by atoms with Gasteiger partial charge in [0.05, 0.1) is 6.61 Å². The third-order valence-electron chi connectivity index (χ3n) is 2.65. The molecule has 1 aromatic carbocycles. The van der Waals surface area contributed by atoms with E-state index in [9.17, 15) is 4.79 Å². The highest BCUT2D eigenvalue weighted by molar-refractivity contribution is 7.80. The van der Waals surface area contributed by atoms with Gasteiger partial charge < -0.3 is 15.8 Å². The fourth-order valence-corrected chi connectivity index (χ4v) is 1.81. The van der Waals surface area contributed by atoms with Crippen LogP contribution in [0.3, 0.4) is 0 Å². The van der Waals surface area contributed by atoms with Crippen LogP contribution in [0.25, 0.3) is 0 Å². The number of ether oxygens (including phenoxy) is 1. The van der Waals surface area contributed by atoms with E-state index in [-0.39, 0.29) is 11.9 Å². The van der Waals surface area contributed by atoms with Crippen LogP contribution in [-0.4, -0.2) is 24.3 Å². The van der Waals surface area contributed by atoms with Crippen LogP contribution in [-0.2, 0) is 4.79 Å². The maximum Gasteiger partial charge on any atom is 0.221 e. The average molecular weight is 282 g/mol. The Kier molecular flexibility index (Phi) is 7.36. The first-order chi connectivity index (χ1) is 9.11. The van der Waals surface area contributed by atoms with Crippen molar-refractivity contribution in [3.63, 3.8) is 0 Å². The Bertz CT molecular complexity index is 382. The minimum atomic E-state index is -0.0748. The van der Waals surface area contributed by atoms with Crippen molar-refractivity contribution in [3.8, 4) is 5.75 Å². The number of unbranched alkanes of at least 4 members (excludes halogenated alkanes) is 1. The zero-order valence-corrected chi connectivity index (χ0v) is 12.2. The zero-order valence-electron chi connectivity index (χ0n) is 11.3. The molecule has 0 aliphatic rings. The number of hydrogen-bond acceptors (Lipinski definition) is 4. The van der Waals surface area contributed by atoms with E-state index in [1.165, 1.54) is 6.92 Å². The van der Waals surface area contributed by atoms with Crippen LogP contribution < -0.4 is 15.8 Å². The maximum absolute atomic E-state index is 10.9. The number of nitrogens with two attached hydrogens (primary N) is 1. The summed E-state index contributed by atoms with van der Waals surface area (Å²) in [6.07, 6.45) is 3.01. The van der Waals surface area contributed by atoms with Gasteiger partial charge in [0, 0.05) is 24.4 Å². The van der Waals surface area contributed by atoms with E-state index in [0.717, 1.165) is 36.5 Å². The monoisotopic (exact) mass is 282 g/mol. The Morgan fingerprint density at radius 2 is 2.05 bits per heavy atom. The molecule has 4 nitrogen and oxygen atoms in total. The lowest BCUT2D eigenvalue weighted by molar-refractivity contribution is -0.114.